The monoisotopic (exact) mass is 238 g/mol. The van der Waals surface area contributed by atoms with Crippen LogP contribution < -0.4 is 10.6 Å². The first-order chi connectivity index (χ1) is 7.40. The zero-order chi connectivity index (χ0) is 12.2. The Bertz CT molecular complexity index is 243. The largest absolute Gasteiger partial charge is 0.389 e. The van der Waals surface area contributed by atoms with Crippen LogP contribution in [0, 0.1) is 5.92 Å². The second kappa shape index (κ2) is 5.52. The average molecular weight is 238 g/mol. The second-order valence-corrected chi connectivity index (χ2v) is 4.21. The Kier molecular flexibility index (Phi) is 4.58. The molecule has 0 bridgehead atoms. The molecule has 1 heterocycles. The minimum Gasteiger partial charge on any atom is -0.355 e. The highest BCUT2D eigenvalue weighted by Crippen LogP contribution is 2.20. The molecule has 1 fully saturated rings. The topological polar surface area (TPSA) is 41.1 Å². The molecule has 0 aromatic rings. The second-order valence-electron chi connectivity index (χ2n) is 4.21. The molecule has 2 N–H and O–H groups in total. The average Bonchev–Trinajstić information content (AvgIpc) is 2.57. The molecular formula is C10H17F3N2O. The number of hydrogen-bond donors (Lipinski definition) is 2. The van der Waals surface area contributed by atoms with Crippen LogP contribution in [0.25, 0.3) is 0 Å². The molecule has 1 amide bonds. The molecule has 2 atom stereocenters. The van der Waals surface area contributed by atoms with Gasteiger partial charge in [0.15, 0.2) is 0 Å². The standard InChI is InChI=1S/C10H17F3N2O/c1-7-3-6-14-8(7)9(16)15-5-2-4-10(11,12)13/h7-8,14H,2-6H2,1H3,(H,15,16). The van der Waals surface area contributed by atoms with Gasteiger partial charge in [-0.05, 0) is 25.3 Å². The van der Waals surface area contributed by atoms with Gasteiger partial charge in [0.2, 0.25) is 5.91 Å². The molecule has 1 rings (SSSR count). The maximum absolute atomic E-state index is 11.8. The van der Waals surface area contributed by atoms with Gasteiger partial charge in [0.05, 0.1) is 6.04 Å². The van der Waals surface area contributed by atoms with Crippen molar-refractivity contribution in [1.82, 2.24) is 10.6 Å². The van der Waals surface area contributed by atoms with Crippen LogP contribution in [-0.2, 0) is 4.79 Å². The maximum atomic E-state index is 11.8. The minimum atomic E-state index is -4.14. The minimum absolute atomic E-state index is 0.0592. The predicted molar refractivity (Wildman–Crippen MR) is 53.9 cm³/mol. The first-order valence-electron chi connectivity index (χ1n) is 5.48. The summed E-state index contributed by atoms with van der Waals surface area (Å²) in [5.41, 5.74) is 0. The Labute approximate surface area is 92.8 Å². The zero-order valence-corrected chi connectivity index (χ0v) is 9.23. The van der Waals surface area contributed by atoms with E-state index in [1.165, 1.54) is 0 Å². The third-order valence-electron chi connectivity index (χ3n) is 2.75. The molecule has 1 aliphatic rings. The number of carbonyl (C=O) groups is 1. The normalized spacial score (nSPS) is 25.8. The van der Waals surface area contributed by atoms with Crippen LogP contribution in [0.1, 0.15) is 26.2 Å². The van der Waals surface area contributed by atoms with Crippen molar-refractivity contribution in [3.05, 3.63) is 0 Å². The Balaban J connectivity index is 2.15. The molecule has 0 saturated carbocycles. The van der Waals surface area contributed by atoms with Crippen molar-refractivity contribution in [1.29, 1.82) is 0 Å². The molecule has 3 nitrogen and oxygen atoms in total. The van der Waals surface area contributed by atoms with Crippen LogP contribution in [0.3, 0.4) is 0 Å². The van der Waals surface area contributed by atoms with Crippen LogP contribution in [0.2, 0.25) is 0 Å². The lowest BCUT2D eigenvalue weighted by molar-refractivity contribution is -0.136. The van der Waals surface area contributed by atoms with Crippen molar-refractivity contribution >= 4 is 5.91 Å². The SMILES string of the molecule is CC1CCNC1C(=O)NCCCC(F)(F)F. The van der Waals surface area contributed by atoms with Gasteiger partial charge in [0.25, 0.3) is 0 Å². The van der Waals surface area contributed by atoms with E-state index in [1.807, 2.05) is 6.92 Å². The lowest BCUT2D eigenvalue weighted by atomic mass is 10.0. The van der Waals surface area contributed by atoms with E-state index in [1.54, 1.807) is 0 Å². The smallest absolute Gasteiger partial charge is 0.355 e. The summed E-state index contributed by atoms with van der Waals surface area (Å²) in [6.45, 7) is 2.84. The molecule has 16 heavy (non-hydrogen) atoms. The summed E-state index contributed by atoms with van der Waals surface area (Å²) in [4.78, 5) is 11.5. The number of alkyl halides is 3. The Morgan fingerprint density at radius 1 is 1.50 bits per heavy atom. The van der Waals surface area contributed by atoms with E-state index in [0.29, 0.717) is 0 Å². The van der Waals surface area contributed by atoms with Crippen LogP contribution >= 0.6 is 0 Å². The summed E-state index contributed by atoms with van der Waals surface area (Å²) < 4.78 is 35.5. The van der Waals surface area contributed by atoms with Gasteiger partial charge in [-0.2, -0.15) is 13.2 Å². The molecule has 1 aliphatic heterocycles. The van der Waals surface area contributed by atoms with Crippen LogP contribution in [0.5, 0.6) is 0 Å². The first-order valence-corrected chi connectivity index (χ1v) is 5.48. The molecule has 0 aromatic heterocycles. The van der Waals surface area contributed by atoms with Gasteiger partial charge >= 0.3 is 6.18 Å². The lowest BCUT2D eigenvalue weighted by Gasteiger charge is -2.15. The summed E-state index contributed by atoms with van der Waals surface area (Å²) in [7, 11) is 0. The van der Waals surface area contributed by atoms with E-state index in [2.05, 4.69) is 10.6 Å². The summed E-state index contributed by atoms with van der Waals surface area (Å²) >= 11 is 0. The van der Waals surface area contributed by atoms with Crippen molar-refractivity contribution < 1.29 is 18.0 Å². The van der Waals surface area contributed by atoms with Crippen molar-refractivity contribution in [3.8, 4) is 0 Å². The van der Waals surface area contributed by atoms with Gasteiger partial charge in [-0.3, -0.25) is 4.79 Å². The molecule has 94 valence electrons. The molecular weight excluding hydrogens is 221 g/mol. The van der Waals surface area contributed by atoms with Gasteiger partial charge in [0.1, 0.15) is 0 Å². The van der Waals surface area contributed by atoms with Crippen LogP contribution in [-0.4, -0.2) is 31.2 Å². The maximum Gasteiger partial charge on any atom is 0.389 e. The highest BCUT2D eigenvalue weighted by atomic mass is 19.4. The fraction of sp³-hybridized carbons (Fsp3) is 0.900. The van der Waals surface area contributed by atoms with E-state index >= 15 is 0 Å². The van der Waals surface area contributed by atoms with Crippen molar-refractivity contribution in [2.45, 2.75) is 38.4 Å². The predicted octanol–water partition coefficient (Wildman–Crippen LogP) is 1.44. The quantitative estimate of drug-likeness (QED) is 0.728. The third kappa shape index (κ3) is 4.38. The number of hydrogen-bond acceptors (Lipinski definition) is 2. The van der Waals surface area contributed by atoms with Crippen LogP contribution in [0.15, 0.2) is 0 Å². The fourth-order valence-corrected chi connectivity index (χ4v) is 1.80. The third-order valence-corrected chi connectivity index (χ3v) is 2.75. The van der Waals surface area contributed by atoms with E-state index in [0.717, 1.165) is 13.0 Å². The van der Waals surface area contributed by atoms with Crippen molar-refractivity contribution in [2.24, 2.45) is 5.92 Å². The van der Waals surface area contributed by atoms with Gasteiger partial charge in [-0.25, -0.2) is 0 Å². The van der Waals surface area contributed by atoms with E-state index in [9.17, 15) is 18.0 Å². The summed E-state index contributed by atoms with van der Waals surface area (Å²) in [6, 6.07) is -0.245. The Morgan fingerprint density at radius 2 is 2.19 bits per heavy atom. The highest BCUT2D eigenvalue weighted by Gasteiger charge is 2.29. The molecule has 2 unspecified atom stereocenters. The number of carbonyl (C=O) groups excluding carboxylic acids is 1. The number of halogens is 3. The molecule has 0 spiro atoms. The summed E-state index contributed by atoms with van der Waals surface area (Å²) in [5.74, 6) is 0.0646. The number of rotatable bonds is 4. The van der Waals surface area contributed by atoms with Gasteiger partial charge in [0, 0.05) is 13.0 Å². The molecule has 1 saturated heterocycles. The van der Waals surface area contributed by atoms with E-state index in [4.69, 9.17) is 0 Å². The first kappa shape index (κ1) is 13.3. The molecule has 6 heteroatoms. The Morgan fingerprint density at radius 3 is 2.69 bits per heavy atom. The van der Waals surface area contributed by atoms with E-state index < -0.39 is 12.6 Å². The molecule has 0 radical (unpaired) electrons. The van der Waals surface area contributed by atoms with E-state index in [-0.39, 0.29) is 30.8 Å². The Hall–Kier alpha value is -0.780. The van der Waals surface area contributed by atoms with Crippen molar-refractivity contribution in [3.63, 3.8) is 0 Å². The van der Waals surface area contributed by atoms with Gasteiger partial charge in [-0.1, -0.05) is 6.92 Å². The highest BCUT2D eigenvalue weighted by molar-refractivity contribution is 5.82. The number of amides is 1. The van der Waals surface area contributed by atoms with Crippen LogP contribution in [0.4, 0.5) is 13.2 Å². The van der Waals surface area contributed by atoms with Gasteiger partial charge < -0.3 is 10.6 Å². The zero-order valence-electron chi connectivity index (χ0n) is 9.23. The fourth-order valence-electron chi connectivity index (χ4n) is 1.80. The molecule has 0 aromatic carbocycles. The molecule has 0 aliphatic carbocycles. The summed E-state index contributed by atoms with van der Waals surface area (Å²) in [5, 5.41) is 5.56. The number of nitrogens with one attached hydrogen (secondary N) is 2. The lowest BCUT2D eigenvalue weighted by Crippen LogP contribution is -2.43. The van der Waals surface area contributed by atoms with Crippen molar-refractivity contribution in [2.75, 3.05) is 13.1 Å². The summed E-state index contributed by atoms with van der Waals surface area (Å²) in [6.07, 6.45) is -4.11. The van der Waals surface area contributed by atoms with Gasteiger partial charge in [-0.15, -0.1) is 0 Å².